The van der Waals surface area contributed by atoms with Gasteiger partial charge < -0.3 is 15.4 Å². The Morgan fingerprint density at radius 3 is 2.83 bits per heavy atom. The first-order valence-electron chi connectivity index (χ1n) is 5.95. The third kappa shape index (κ3) is 3.24. The van der Waals surface area contributed by atoms with Crippen molar-refractivity contribution < 1.29 is 4.74 Å². The van der Waals surface area contributed by atoms with Crippen LogP contribution in [0.15, 0.2) is 41.8 Å². The van der Waals surface area contributed by atoms with Crippen LogP contribution < -0.4 is 15.4 Å². The number of anilines is 1. The maximum atomic E-state index is 5.70. The minimum atomic E-state index is 0.641. The maximum absolute atomic E-state index is 5.70. The fraction of sp³-hybridized carbons (Fsp3) is 0.286. The molecule has 0 fully saturated rings. The van der Waals surface area contributed by atoms with E-state index in [9.17, 15) is 0 Å². The number of nitrogens with zero attached hydrogens (tertiary/aromatic N) is 1. The second-order valence-corrected chi connectivity index (χ2v) is 5.02. The summed E-state index contributed by atoms with van der Waals surface area (Å²) in [7, 11) is 1.69. The van der Waals surface area contributed by atoms with E-state index in [2.05, 4.69) is 28.5 Å². The minimum Gasteiger partial charge on any atom is -0.497 e. The molecule has 0 saturated carbocycles. The predicted octanol–water partition coefficient (Wildman–Crippen LogP) is 2.72. The van der Waals surface area contributed by atoms with Gasteiger partial charge in [0.25, 0.3) is 0 Å². The minimum absolute atomic E-state index is 0.641. The molecule has 0 bridgehead atoms. The summed E-state index contributed by atoms with van der Waals surface area (Å²) in [5.74, 6) is 0.876. The van der Waals surface area contributed by atoms with Gasteiger partial charge in [0.2, 0.25) is 0 Å². The van der Waals surface area contributed by atoms with E-state index in [1.165, 1.54) is 4.88 Å². The third-order valence-electron chi connectivity index (χ3n) is 2.74. The molecule has 18 heavy (non-hydrogen) atoms. The van der Waals surface area contributed by atoms with Crippen LogP contribution in [-0.2, 0) is 6.54 Å². The van der Waals surface area contributed by atoms with Gasteiger partial charge in [-0.05, 0) is 23.6 Å². The molecule has 0 aliphatic heterocycles. The van der Waals surface area contributed by atoms with Gasteiger partial charge in [-0.3, -0.25) is 0 Å². The zero-order chi connectivity index (χ0) is 12.8. The highest BCUT2D eigenvalue weighted by Crippen LogP contribution is 2.23. The van der Waals surface area contributed by atoms with Crippen molar-refractivity contribution >= 4 is 17.0 Å². The molecule has 96 valence electrons. The summed E-state index contributed by atoms with van der Waals surface area (Å²) in [6.07, 6.45) is 0. The van der Waals surface area contributed by atoms with Crippen LogP contribution >= 0.6 is 11.3 Å². The van der Waals surface area contributed by atoms with Gasteiger partial charge in [-0.2, -0.15) is 0 Å². The Hall–Kier alpha value is -1.52. The normalized spacial score (nSPS) is 10.3. The molecule has 2 N–H and O–H groups in total. The molecule has 1 aromatic carbocycles. The van der Waals surface area contributed by atoms with Crippen LogP contribution in [0.5, 0.6) is 5.75 Å². The van der Waals surface area contributed by atoms with Crippen molar-refractivity contribution in [3.63, 3.8) is 0 Å². The fourth-order valence-electron chi connectivity index (χ4n) is 1.85. The number of ether oxygens (including phenoxy) is 1. The second kappa shape index (κ2) is 6.42. The van der Waals surface area contributed by atoms with Gasteiger partial charge in [0, 0.05) is 29.7 Å². The van der Waals surface area contributed by atoms with E-state index in [-0.39, 0.29) is 0 Å². The van der Waals surface area contributed by atoms with Crippen LogP contribution in [0.2, 0.25) is 0 Å². The summed E-state index contributed by atoms with van der Waals surface area (Å²) < 4.78 is 5.26. The smallest absolute Gasteiger partial charge is 0.120 e. The van der Waals surface area contributed by atoms with Crippen molar-refractivity contribution in [2.24, 2.45) is 5.73 Å². The van der Waals surface area contributed by atoms with Crippen molar-refractivity contribution in [2.75, 3.05) is 25.1 Å². The highest BCUT2D eigenvalue weighted by atomic mass is 32.1. The molecule has 2 aromatic rings. The molecule has 0 aliphatic rings. The SMILES string of the molecule is COc1cccc(N(CCN)Cc2cccs2)c1. The maximum Gasteiger partial charge on any atom is 0.120 e. The number of hydrogen-bond acceptors (Lipinski definition) is 4. The average Bonchev–Trinajstić information content (AvgIpc) is 2.91. The van der Waals surface area contributed by atoms with E-state index in [1.54, 1.807) is 18.4 Å². The Bertz CT molecular complexity index is 470. The van der Waals surface area contributed by atoms with Crippen LogP contribution in [0.25, 0.3) is 0 Å². The van der Waals surface area contributed by atoms with E-state index in [1.807, 2.05) is 18.2 Å². The van der Waals surface area contributed by atoms with Crippen molar-refractivity contribution in [3.8, 4) is 5.75 Å². The quantitative estimate of drug-likeness (QED) is 0.870. The largest absolute Gasteiger partial charge is 0.497 e. The lowest BCUT2D eigenvalue weighted by atomic mass is 10.2. The molecular formula is C14H18N2OS. The van der Waals surface area contributed by atoms with Crippen molar-refractivity contribution in [1.29, 1.82) is 0 Å². The van der Waals surface area contributed by atoms with Crippen LogP contribution in [0.1, 0.15) is 4.88 Å². The van der Waals surface area contributed by atoms with Gasteiger partial charge in [-0.1, -0.05) is 12.1 Å². The molecule has 3 nitrogen and oxygen atoms in total. The first-order chi connectivity index (χ1) is 8.83. The number of thiophene rings is 1. The van der Waals surface area contributed by atoms with Crippen LogP contribution in [0, 0.1) is 0 Å². The zero-order valence-electron chi connectivity index (χ0n) is 10.5. The van der Waals surface area contributed by atoms with E-state index in [4.69, 9.17) is 10.5 Å². The van der Waals surface area contributed by atoms with E-state index in [0.717, 1.165) is 24.5 Å². The molecule has 2 rings (SSSR count). The predicted molar refractivity (Wildman–Crippen MR) is 77.4 cm³/mol. The number of hydrogen-bond donors (Lipinski definition) is 1. The Labute approximate surface area is 112 Å². The van der Waals surface area contributed by atoms with Crippen molar-refractivity contribution in [1.82, 2.24) is 0 Å². The van der Waals surface area contributed by atoms with E-state index < -0.39 is 0 Å². The summed E-state index contributed by atoms with van der Waals surface area (Å²) in [6, 6.07) is 12.3. The zero-order valence-corrected chi connectivity index (χ0v) is 11.3. The van der Waals surface area contributed by atoms with Crippen LogP contribution in [0.4, 0.5) is 5.69 Å². The van der Waals surface area contributed by atoms with Gasteiger partial charge >= 0.3 is 0 Å². The van der Waals surface area contributed by atoms with Gasteiger partial charge in [-0.15, -0.1) is 11.3 Å². The molecule has 0 saturated heterocycles. The van der Waals surface area contributed by atoms with Gasteiger partial charge in [0.1, 0.15) is 5.75 Å². The van der Waals surface area contributed by atoms with Crippen molar-refractivity contribution in [2.45, 2.75) is 6.54 Å². The number of nitrogens with two attached hydrogens (primary N) is 1. The fourth-order valence-corrected chi connectivity index (χ4v) is 2.57. The second-order valence-electron chi connectivity index (χ2n) is 3.99. The number of rotatable bonds is 6. The van der Waals surface area contributed by atoms with E-state index >= 15 is 0 Å². The number of benzene rings is 1. The van der Waals surface area contributed by atoms with Crippen LogP contribution in [-0.4, -0.2) is 20.2 Å². The summed E-state index contributed by atoms with van der Waals surface area (Å²) in [5.41, 5.74) is 6.84. The lowest BCUT2D eigenvalue weighted by molar-refractivity contribution is 0.415. The van der Waals surface area contributed by atoms with Gasteiger partial charge in [-0.25, -0.2) is 0 Å². The summed E-state index contributed by atoms with van der Waals surface area (Å²) in [6.45, 7) is 2.37. The Morgan fingerprint density at radius 1 is 1.28 bits per heavy atom. The molecule has 0 atom stereocenters. The highest BCUT2D eigenvalue weighted by Gasteiger charge is 2.08. The average molecular weight is 262 g/mol. The Kier molecular flexibility index (Phi) is 4.61. The third-order valence-corrected chi connectivity index (χ3v) is 3.61. The molecule has 0 radical (unpaired) electrons. The Balaban J connectivity index is 2.17. The molecule has 4 heteroatoms. The molecule has 1 aromatic heterocycles. The van der Waals surface area contributed by atoms with Gasteiger partial charge in [0.05, 0.1) is 13.7 Å². The topological polar surface area (TPSA) is 38.5 Å². The Morgan fingerprint density at radius 2 is 2.17 bits per heavy atom. The van der Waals surface area contributed by atoms with Crippen molar-refractivity contribution in [3.05, 3.63) is 46.7 Å². The first kappa shape index (κ1) is 12.9. The number of methoxy groups -OCH3 is 1. The molecular weight excluding hydrogens is 244 g/mol. The van der Waals surface area contributed by atoms with Crippen LogP contribution in [0.3, 0.4) is 0 Å². The molecule has 0 unspecified atom stereocenters. The molecule has 0 spiro atoms. The monoisotopic (exact) mass is 262 g/mol. The van der Waals surface area contributed by atoms with Gasteiger partial charge in [0.15, 0.2) is 0 Å². The summed E-state index contributed by atoms with van der Waals surface area (Å²) >= 11 is 1.77. The molecule has 0 amide bonds. The molecule has 0 aliphatic carbocycles. The van der Waals surface area contributed by atoms with E-state index in [0.29, 0.717) is 6.54 Å². The standard InChI is InChI=1S/C14H18N2OS/c1-17-13-5-2-4-12(10-13)16(8-7-15)11-14-6-3-9-18-14/h2-6,9-10H,7-8,11,15H2,1H3. The summed E-state index contributed by atoms with van der Waals surface area (Å²) in [5, 5.41) is 2.10. The summed E-state index contributed by atoms with van der Waals surface area (Å²) in [4.78, 5) is 3.61. The lowest BCUT2D eigenvalue weighted by Gasteiger charge is -2.24. The lowest BCUT2D eigenvalue weighted by Crippen LogP contribution is -2.28. The molecule has 1 heterocycles. The highest BCUT2D eigenvalue weighted by molar-refractivity contribution is 7.09. The first-order valence-corrected chi connectivity index (χ1v) is 6.83.